The molecule has 86 valence electrons. The van der Waals surface area contributed by atoms with Crippen LogP contribution in [0.15, 0.2) is 6.33 Å². The second-order valence-corrected chi connectivity index (χ2v) is 4.83. The van der Waals surface area contributed by atoms with Gasteiger partial charge in [-0.05, 0) is 13.8 Å². The Balaban J connectivity index is 2.13. The van der Waals surface area contributed by atoms with E-state index >= 15 is 0 Å². The van der Waals surface area contributed by atoms with Crippen molar-refractivity contribution >= 4 is 11.3 Å². The zero-order chi connectivity index (χ0) is 11.5. The van der Waals surface area contributed by atoms with E-state index in [1.54, 1.807) is 11.3 Å². The van der Waals surface area contributed by atoms with Crippen molar-refractivity contribution in [3.63, 3.8) is 0 Å². The first-order valence-corrected chi connectivity index (χ1v) is 5.76. The average Bonchev–Trinajstić information content (AvgIpc) is 2.86. The number of aromatic nitrogens is 4. The normalized spacial score (nSPS) is 12.9. The molecule has 0 bridgehead atoms. The maximum atomic E-state index is 5.50. The first-order chi connectivity index (χ1) is 7.70. The molecule has 7 heteroatoms. The maximum Gasteiger partial charge on any atom is 0.143 e. The van der Waals surface area contributed by atoms with Crippen LogP contribution in [-0.4, -0.2) is 20.2 Å². The van der Waals surface area contributed by atoms with E-state index in [0.29, 0.717) is 6.42 Å². The van der Waals surface area contributed by atoms with Crippen LogP contribution < -0.4 is 11.3 Å². The van der Waals surface area contributed by atoms with E-state index < -0.39 is 0 Å². The number of thiazole rings is 1. The topological polar surface area (TPSA) is 92.5 Å². The van der Waals surface area contributed by atoms with Crippen molar-refractivity contribution in [3.05, 3.63) is 27.7 Å². The summed E-state index contributed by atoms with van der Waals surface area (Å²) in [6.07, 6.45) is 2.18. The van der Waals surface area contributed by atoms with E-state index in [4.69, 9.17) is 5.84 Å². The van der Waals surface area contributed by atoms with Crippen molar-refractivity contribution in [1.82, 2.24) is 25.6 Å². The van der Waals surface area contributed by atoms with Crippen LogP contribution in [0.3, 0.4) is 0 Å². The molecular formula is C9H14N6S. The summed E-state index contributed by atoms with van der Waals surface area (Å²) in [6, 6.07) is -0.0764. The SMILES string of the molecule is Cc1nc(CC(NN)c2ncn[nH]2)sc1C. The first kappa shape index (κ1) is 11.2. The molecule has 0 saturated heterocycles. The van der Waals surface area contributed by atoms with Gasteiger partial charge in [0.1, 0.15) is 12.2 Å². The Kier molecular flexibility index (Phi) is 3.28. The highest BCUT2D eigenvalue weighted by Gasteiger charge is 2.16. The molecule has 0 fully saturated rings. The maximum absolute atomic E-state index is 5.50. The lowest BCUT2D eigenvalue weighted by Gasteiger charge is -2.10. The molecule has 16 heavy (non-hydrogen) atoms. The van der Waals surface area contributed by atoms with Gasteiger partial charge in [0.05, 0.1) is 16.7 Å². The van der Waals surface area contributed by atoms with E-state index in [9.17, 15) is 0 Å². The molecule has 0 spiro atoms. The number of hydrogen-bond donors (Lipinski definition) is 3. The lowest BCUT2D eigenvalue weighted by Crippen LogP contribution is -2.30. The number of rotatable bonds is 4. The van der Waals surface area contributed by atoms with E-state index in [1.807, 2.05) is 6.92 Å². The molecule has 0 aliphatic rings. The number of hydrogen-bond acceptors (Lipinski definition) is 6. The molecule has 2 rings (SSSR count). The number of aromatic amines is 1. The highest BCUT2D eigenvalue weighted by atomic mass is 32.1. The van der Waals surface area contributed by atoms with Gasteiger partial charge in [0.25, 0.3) is 0 Å². The monoisotopic (exact) mass is 238 g/mol. The van der Waals surface area contributed by atoms with Gasteiger partial charge in [-0.3, -0.25) is 10.9 Å². The van der Waals surface area contributed by atoms with Crippen LogP contribution in [-0.2, 0) is 6.42 Å². The fourth-order valence-electron chi connectivity index (χ4n) is 1.42. The largest absolute Gasteiger partial charge is 0.271 e. The molecule has 2 aromatic heterocycles. The third kappa shape index (κ3) is 2.26. The number of aryl methyl sites for hydroxylation is 2. The van der Waals surface area contributed by atoms with Crippen LogP contribution in [0.1, 0.15) is 27.4 Å². The van der Waals surface area contributed by atoms with Crippen LogP contribution in [0.25, 0.3) is 0 Å². The minimum Gasteiger partial charge on any atom is -0.271 e. The molecule has 1 unspecified atom stereocenters. The van der Waals surface area contributed by atoms with Gasteiger partial charge in [0.15, 0.2) is 0 Å². The Labute approximate surface area is 97.3 Å². The second kappa shape index (κ2) is 4.69. The first-order valence-electron chi connectivity index (χ1n) is 4.95. The summed E-state index contributed by atoms with van der Waals surface area (Å²) in [5.41, 5.74) is 3.79. The second-order valence-electron chi connectivity index (χ2n) is 3.54. The Morgan fingerprint density at radius 1 is 1.56 bits per heavy atom. The summed E-state index contributed by atoms with van der Waals surface area (Å²) in [5, 5.41) is 7.66. The van der Waals surface area contributed by atoms with Gasteiger partial charge in [0.2, 0.25) is 0 Å². The lowest BCUT2D eigenvalue weighted by molar-refractivity contribution is 0.523. The molecule has 0 aromatic carbocycles. The molecule has 2 aromatic rings. The summed E-state index contributed by atoms with van der Waals surface area (Å²) in [6.45, 7) is 4.07. The molecule has 0 aliphatic heterocycles. The Morgan fingerprint density at radius 3 is 2.88 bits per heavy atom. The third-order valence-corrected chi connectivity index (χ3v) is 3.51. The van der Waals surface area contributed by atoms with Crippen molar-refractivity contribution < 1.29 is 0 Å². The van der Waals surface area contributed by atoms with Gasteiger partial charge in [-0.25, -0.2) is 15.4 Å². The fraction of sp³-hybridized carbons (Fsp3) is 0.444. The molecule has 0 aliphatic carbocycles. The van der Waals surface area contributed by atoms with Gasteiger partial charge in [-0.2, -0.15) is 5.10 Å². The minimum absolute atomic E-state index is 0.0764. The molecule has 6 nitrogen and oxygen atoms in total. The van der Waals surface area contributed by atoms with Crippen molar-refractivity contribution in [3.8, 4) is 0 Å². The fourth-order valence-corrected chi connectivity index (χ4v) is 2.40. The quantitative estimate of drug-likeness (QED) is 0.536. The van der Waals surface area contributed by atoms with Gasteiger partial charge < -0.3 is 0 Å². The predicted octanol–water partition coefficient (Wildman–Crippen LogP) is 0.625. The molecule has 2 heterocycles. The van der Waals surface area contributed by atoms with Crippen LogP contribution in [0, 0.1) is 13.8 Å². The zero-order valence-corrected chi connectivity index (χ0v) is 10.0. The Bertz CT molecular complexity index is 429. The molecule has 0 amide bonds. The van der Waals surface area contributed by atoms with Gasteiger partial charge >= 0.3 is 0 Å². The van der Waals surface area contributed by atoms with E-state index in [0.717, 1.165) is 16.5 Å². The minimum atomic E-state index is -0.0764. The molecule has 4 N–H and O–H groups in total. The van der Waals surface area contributed by atoms with E-state index in [1.165, 1.54) is 11.2 Å². The van der Waals surface area contributed by atoms with Crippen LogP contribution in [0.4, 0.5) is 0 Å². The summed E-state index contributed by atoms with van der Waals surface area (Å²) >= 11 is 1.69. The number of nitrogens with one attached hydrogen (secondary N) is 2. The molecule has 0 radical (unpaired) electrons. The van der Waals surface area contributed by atoms with Crippen LogP contribution >= 0.6 is 11.3 Å². The molecule has 1 atom stereocenters. The van der Waals surface area contributed by atoms with E-state index in [-0.39, 0.29) is 6.04 Å². The Morgan fingerprint density at radius 2 is 2.38 bits per heavy atom. The third-order valence-electron chi connectivity index (χ3n) is 2.42. The number of H-pyrrole nitrogens is 1. The Hall–Kier alpha value is -1.31. The summed E-state index contributed by atoms with van der Waals surface area (Å²) in [7, 11) is 0. The number of nitrogens with two attached hydrogens (primary N) is 1. The highest BCUT2D eigenvalue weighted by molar-refractivity contribution is 7.11. The summed E-state index contributed by atoms with van der Waals surface area (Å²) < 4.78 is 0. The van der Waals surface area contributed by atoms with Crippen molar-refractivity contribution in [2.75, 3.05) is 0 Å². The average molecular weight is 238 g/mol. The number of hydrazine groups is 1. The van der Waals surface area contributed by atoms with Crippen molar-refractivity contribution in [2.45, 2.75) is 26.3 Å². The number of nitrogens with zero attached hydrogens (tertiary/aromatic N) is 3. The zero-order valence-electron chi connectivity index (χ0n) is 9.19. The highest BCUT2D eigenvalue weighted by Crippen LogP contribution is 2.21. The van der Waals surface area contributed by atoms with Crippen molar-refractivity contribution in [1.29, 1.82) is 0 Å². The van der Waals surface area contributed by atoms with Gasteiger partial charge in [-0.15, -0.1) is 11.3 Å². The standard InChI is InChI=1S/C9H14N6S/c1-5-6(2)16-8(13-5)3-7(14-10)9-11-4-12-15-9/h4,7,14H,3,10H2,1-2H3,(H,11,12,15). The summed E-state index contributed by atoms with van der Waals surface area (Å²) in [4.78, 5) is 9.79. The van der Waals surface area contributed by atoms with Gasteiger partial charge in [-0.1, -0.05) is 0 Å². The summed E-state index contributed by atoms with van der Waals surface area (Å²) in [5.74, 6) is 6.23. The van der Waals surface area contributed by atoms with Gasteiger partial charge in [0, 0.05) is 11.3 Å². The molecule has 0 saturated carbocycles. The molecular weight excluding hydrogens is 224 g/mol. The lowest BCUT2D eigenvalue weighted by atomic mass is 10.2. The predicted molar refractivity (Wildman–Crippen MR) is 61.7 cm³/mol. The van der Waals surface area contributed by atoms with Crippen molar-refractivity contribution in [2.24, 2.45) is 5.84 Å². The van der Waals surface area contributed by atoms with E-state index in [2.05, 4.69) is 32.5 Å². The van der Waals surface area contributed by atoms with Crippen LogP contribution in [0.2, 0.25) is 0 Å². The van der Waals surface area contributed by atoms with Crippen LogP contribution in [0.5, 0.6) is 0 Å². The smallest absolute Gasteiger partial charge is 0.143 e.